The van der Waals surface area contributed by atoms with Crippen molar-refractivity contribution in [2.75, 3.05) is 50.8 Å². The molecule has 31 heavy (non-hydrogen) atoms. The van der Waals surface area contributed by atoms with Crippen LogP contribution in [-0.4, -0.2) is 50.8 Å². The second-order valence-corrected chi connectivity index (χ2v) is 9.38. The fraction of sp³-hybridized carbons (Fsp3) is 0.333. The highest BCUT2D eigenvalue weighted by molar-refractivity contribution is 6.55. The molecule has 10 heteroatoms. The Morgan fingerprint density at radius 1 is 0.903 bits per heavy atom. The highest BCUT2D eigenvalue weighted by Gasteiger charge is 2.20. The highest BCUT2D eigenvalue weighted by atomic mass is 35.5. The first kappa shape index (κ1) is 24.9. The van der Waals surface area contributed by atoms with Crippen LogP contribution in [0.1, 0.15) is 0 Å². The molecule has 0 bridgehead atoms. The Morgan fingerprint density at radius 2 is 1.58 bits per heavy atom. The third-order valence-corrected chi connectivity index (χ3v) is 6.44. The minimum Gasteiger partial charge on any atom is -0.489 e. The lowest BCUT2D eigenvalue weighted by molar-refractivity contribution is 0.200. The van der Waals surface area contributed by atoms with Crippen LogP contribution in [0.2, 0.25) is 20.1 Å². The molecule has 4 nitrogen and oxygen atoms in total. The first-order chi connectivity index (χ1) is 14.8. The molecule has 2 aromatic rings. The summed E-state index contributed by atoms with van der Waals surface area (Å²) < 4.78 is 11.5. The maximum absolute atomic E-state index is 6.34. The lowest BCUT2D eigenvalue weighted by atomic mass is 10.2. The maximum atomic E-state index is 6.34. The van der Waals surface area contributed by atoms with E-state index in [1.807, 2.05) is 12.1 Å². The van der Waals surface area contributed by atoms with Crippen molar-refractivity contribution in [1.82, 2.24) is 4.90 Å². The van der Waals surface area contributed by atoms with Gasteiger partial charge in [0, 0.05) is 44.9 Å². The monoisotopic (exact) mass is 542 g/mol. The van der Waals surface area contributed by atoms with E-state index in [4.69, 9.17) is 79.1 Å². The summed E-state index contributed by atoms with van der Waals surface area (Å²) in [5.41, 5.74) is 0.967. The number of hydrogen-bond acceptors (Lipinski definition) is 4. The van der Waals surface area contributed by atoms with E-state index < -0.39 is 0 Å². The van der Waals surface area contributed by atoms with Crippen LogP contribution in [0.3, 0.4) is 0 Å². The minimum absolute atomic E-state index is 0.133. The molecule has 1 heterocycles. The van der Waals surface area contributed by atoms with E-state index >= 15 is 0 Å². The van der Waals surface area contributed by atoms with Crippen LogP contribution < -0.4 is 14.4 Å². The number of hydrogen-bond donors (Lipinski definition) is 0. The number of piperazine rings is 1. The van der Waals surface area contributed by atoms with Crippen LogP contribution in [0, 0.1) is 0 Å². The van der Waals surface area contributed by atoms with Crippen molar-refractivity contribution in [2.45, 2.75) is 0 Å². The molecule has 1 aliphatic heterocycles. The second kappa shape index (κ2) is 11.9. The third-order valence-electron chi connectivity index (χ3n) is 4.76. The standard InChI is InChI=1S/C21H20Cl6N2O2/c22-15-2-1-3-18(20(15)27)29-7-5-28(6-8-29)9-11-31-21-16(23)12-14(13-17(21)24)30-10-4-19(25)26/h1-4,12-13H,5-11H2. The molecule has 0 amide bonds. The quantitative estimate of drug-likeness (QED) is 0.351. The number of anilines is 1. The average molecular weight is 545 g/mol. The molecule has 0 spiro atoms. The Bertz CT molecular complexity index is 905. The summed E-state index contributed by atoms with van der Waals surface area (Å²) in [6.45, 7) is 4.90. The van der Waals surface area contributed by atoms with Crippen LogP contribution in [-0.2, 0) is 0 Å². The summed E-state index contributed by atoms with van der Waals surface area (Å²) in [6, 6.07) is 8.99. The van der Waals surface area contributed by atoms with Gasteiger partial charge in [-0.2, -0.15) is 0 Å². The molecule has 1 fully saturated rings. The zero-order valence-corrected chi connectivity index (χ0v) is 20.9. The Hall–Kier alpha value is -0.720. The van der Waals surface area contributed by atoms with E-state index in [-0.39, 0.29) is 11.1 Å². The topological polar surface area (TPSA) is 24.9 Å². The fourth-order valence-corrected chi connectivity index (χ4v) is 4.30. The predicted molar refractivity (Wildman–Crippen MR) is 132 cm³/mol. The van der Waals surface area contributed by atoms with Crippen molar-refractivity contribution >= 4 is 75.3 Å². The molecule has 1 saturated heterocycles. The van der Waals surface area contributed by atoms with E-state index in [1.165, 1.54) is 6.08 Å². The molecule has 0 unspecified atom stereocenters. The molecule has 0 atom stereocenters. The van der Waals surface area contributed by atoms with Crippen LogP contribution in [0.5, 0.6) is 11.5 Å². The maximum Gasteiger partial charge on any atom is 0.156 e. The molecule has 0 aliphatic carbocycles. The van der Waals surface area contributed by atoms with Gasteiger partial charge >= 0.3 is 0 Å². The Balaban J connectivity index is 1.47. The third kappa shape index (κ3) is 7.13. The van der Waals surface area contributed by atoms with E-state index in [2.05, 4.69) is 9.80 Å². The van der Waals surface area contributed by atoms with Gasteiger partial charge < -0.3 is 14.4 Å². The van der Waals surface area contributed by atoms with Gasteiger partial charge in [-0.3, -0.25) is 4.90 Å². The molecule has 2 aromatic carbocycles. The van der Waals surface area contributed by atoms with Crippen LogP contribution in [0.4, 0.5) is 5.69 Å². The number of rotatable bonds is 8. The van der Waals surface area contributed by atoms with Crippen molar-refractivity contribution in [3.05, 3.63) is 61.0 Å². The number of benzene rings is 2. The molecule has 0 radical (unpaired) electrons. The Labute approximate surface area is 212 Å². The first-order valence-electron chi connectivity index (χ1n) is 9.52. The summed E-state index contributed by atoms with van der Waals surface area (Å²) in [5.74, 6) is 0.940. The van der Waals surface area contributed by atoms with E-state index in [9.17, 15) is 0 Å². The molecular formula is C21H20Cl6N2O2. The summed E-state index contributed by atoms with van der Waals surface area (Å²) in [6.07, 6.45) is 1.52. The molecule has 0 N–H and O–H groups in total. The van der Waals surface area contributed by atoms with Crippen LogP contribution in [0.25, 0.3) is 0 Å². The van der Waals surface area contributed by atoms with Crippen molar-refractivity contribution in [2.24, 2.45) is 0 Å². The average Bonchev–Trinajstić information content (AvgIpc) is 2.72. The smallest absolute Gasteiger partial charge is 0.156 e. The molecule has 3 rings (SSSR count). The molecule has 1 aliphatic rings. The van der Waals surface area contributed by atoms with E-state index in [0.29, 0.717) is 38.2 Å². The molecule has 0 aromatic heterocycles. The summed E-state index contributed by atoms with van der Waals surface area (Å²) in [7, 11) is 0. The lowest BCUT2D eigenvalue weighted by Gasteiger charge is -2.36. The fourth-order valence-electron chi connectivity index (χ4n) is 3.18. The number of halogens is 6. The Kier molecular flexibility index (Phi) is 9.60. The minimum atomic E-state index is 0.133. The van der Waals surface area contributed by atoms with Crippen molar-refractivity contribution < 1.29 is 9.47 Å². The molecule has 168 valence electrons. The normalized spacial score (nSPS) is 14.5. The first-order valence-corrected chi connectivity index (χ1v) is 11.8. The Morgan fingerprint density at radius 3 is 2.23 bits per heavy atom. The van der Waals surface area contributed by atoms with Gasteiger partial charge in [0.2, 0.25) is 0 Å². The zero-order valence-electron chi connectivity index (χ0n) is 16.4. The zero-order chi connectivity index (χ0) is 22.4. The van der Waals surface area contributed by atoms with Gasteiger partial charge in [0.15, 0.2) is 5.75 Å². The van der Waals surface area contributed by atoms with E-state index in [1.54, 1.807) is 18.2 Å². The van der Waals surface area contributed by atoms with Gasteiger partial charge in [-0.1, -0.05) is 75.7 Å². The van der Waals surface area contributed by atoms with Crippen LogP contribution >= 0.6 is 69.6 Å². The van der Waals surface area contributed by atoms with Crippen LogP contribution in [0.15, 0.2) is 40.9 Å². The summed E-state index contributed by atoms with van der Waals surface area (Å²) in [5, 5.41) is 1.92. The molecular weight excluding hydrogens is 525 g/mol. The summed E-state index contributed by atoms with van der Waals surface area (Å²) >= 11 is 36.2. The van der Waals surface area contributed by atoms with Crippen molar-refractivity contribution in [1.29, 1.82) is 0 Å². The predicted octanol–water partition coefficient (Wildman–Crippen LogP) is 7.20. The second-order valence-electron chi connectivity index (χ2n) is 6.77. The van der Waals surface area contributed by atoms with Gasteiger partial charge in [0.05, 0.1) is 25.8 Å². The SMILES string of the molecule is ClC(Cl)=CCOc1cc(Cl)c(OCCN2CCN(c3cccc(Cl)c3Cl)CC2)c(Cl)c1. The van der Waals surface area contributed by atoms with Gasteiger partial charge in [-0.15, -0.1) is 0 Å². The van der Waals surface area contributed by atoms with Gasteiger partial charge in [-0.25, -0.2) is 0 Å². The van der Waals surface area contributed by atoms with Crippen molar-refractivity contribution in [3.8, 4) is 11.5 Å². The van der Waals surface area contributed by atoms with Gasteiger partial charge in [-0.05, 0) is 18.2 Å². The summed E-state index contributed by atoms with van der Waals surface area (Å²) in [4.78, 5) is 4.56. The van der Waals surface area contributed by atoms with Gasteiger partial charge in [0.1, 0.15) is 23.5 Å². The molecule has 0 saturated carbocycles. The number of nitrogens with zero attached hydrogens (tertiary/aromatic N) is 2. The highest BCUT2D eigenvalue weighted by Crippen LogP contribution is 2.37. The largest absolute Gasteiger partial charge is 0.489 e. The number of ether oxygens (including phenoxy) is 2. The van der Waals surface area contributed by atoms with Gasteiger partial charge in [0.25, 0.3) is 0 Å². The lowest BCUT2D eigenvalue weighted by Crippen LogP contribution is -2.47. The van der Waals surface area contributed by atoms with E-state index in [0.717, 1.165) is 38.4 Å². The van der Waals surface area contributed by atoms with Crippen molar-refractivity contribution in [3.63, 3.8) is 0 Å².